The maximum atomic E-state index is 11.4. The summed E-state index contributed by atoms with van der Waals surface area (Å²) in [5, 5.41) is 0. The van der Waals surface area contributed by atoms with Gasteiger partial charge in [0, 0.05) is 10.0 Å². The molecule has 0 saturated heterocycles. The quantitative estimate of drug-likeness (QED) is 0.566. The highest BCUT2D eigenvalue weighted by Gasteiger charge is 2.31. The van der Waals surface area contributed by atoms with E-state index < -0.39 is 9.58 Å². The fourth-order valence-electron chi connectivity index (χ4n) is 0.765. The van der Waals surface area contributed by atoms with Gasteiger partial charge in [0.1, 0.15) is 0 Å². The van der Waals surface area contributed by atoms with Crippen LogP contribution in [-0.2, 0) is 0 Å². The zero-order valence-electron chi connectivity index (χ0n) is 6.23. The van der Waals surface area contributed by atoms with E-state index in [1.165, 1.54) is 0 Å². The first-order valence-corrected chi connectivity index (χ1v) is 5.21. The molecule has 0 amide bonds. The van der Waals surface area contributed by atoms with E-state index in [0.717, 1.165) is 4.47 Å². The maximum absolute atomic E-state index is 11.4. The van der Waals surface area contributed by atoms with Crippen molar-refractivity contribution >= 4 is 56.5 Å². The summed E-state index contributed by atoms with van der Waals surface area (Å²) in [6.45, 7) is 0. The predicted molar refractivity (Wildman–Crippen MR) is 58.8 cm³/mol. The number of carbonyl (C=O) groups excluding carboxylic acids is 1. The molecule has 0 bridgehead atoms. The van der Waals surface area contributed by atoms with Crippen molar-refractivity contribution in [2.45, 2.75) is 3.79 Å². The Morgan fingerprint density at radius 3 is 2.00 bits per heavy atom. The highest BCUT2D eigenvalue weighted by molar-refractivity contribution is 9.10. The molecule has 0 spiro atoms. The van der Waals surface area contributed by atoms with E-state index in [0.29, 0.717) is 5.56 Å². The minimum Gasteiger partial charge on any atom is -0.289 e. The van der Waals surface area contributed by atoms with Gasteiger partial charge in [0.05, 0.1) is 0 Å². The number of hydrogen-bond donors (Lipinski definition) is 0. The summed E-state index contributed by atoms with van der Waals surface area (Å²) < 4.78 is -1.01. The first-order chi connectivity index (χ1) is 5.91. The molecule has 1 aromatic carbocycles. The number of alkyl halides is 3. The topological polar surface area (TPSA) is 17.1 Å². The average Bonchev–Trinajstić information content (AvgIpc) is 2.03. The Morgan fingerprint density at radius 2 is 1.62 bits per heavy atom. The van der Waals surface area contributed by atoms with Gasteiger partial charge in [0.15, 0.2) is 0 Å². The normalized spacial score (nSPS) is 11.4. The van der Waals surface area contributed by atoms with Gasteiger partial charge in [-0.25, -0.2) is 0 Å². The third kappa shape index (κ3) is 3.13. The van der Waals surface area contributed by atoms with Crippen LogP contribution >= 0.6 is 50.7 Å². The minimum absolute atomic E-state index is 0.378. The first kappa shape index (κ1) is 11.3. The molecule has 1 nitrogen and oxygen atoms in total. The van der Waals surface area contributed by atoms with Gasteiger partial charge in [0.25, 0.3) is 3.79 Å². The number of rotatable bonds is 1. The average molecular weight is 302 g/mol. The Kier molecular flexibility index (Phi) is 3.64. The molecule has 0 aromatic heterocycles. The third-order valence-electron chi connectivity index (χ3n) is 1.36. The standard InChI is InChI=1S/C8H4BrCl3O/c9-6-3-1-5(2-4-6)7(13)8(10,11)12/h1-4H. The molecule has 0 atom stereocenters. The highest BCUT2D eigenvalue weighted by atomic mass is 79.9. The van der Waals surface area contributed by atoms with E-state index in [9.17, 15) is 4.79 Å². The van der Waals surface area contributed by atoms with Gasteiger partial charge in [-0.2, -0.15) is 0 Å². The van der Waals surface area contributed by atoms with Gasteiger partial charge in [0.2, 0.25) is 5.78 Å². The minimum atomic E-state index is -1.88. The van der Waals surface area contributed by atoms with Gasteiger partial charge in [-0.15, -0.1) is 0 Å². The smallest absolute Gasteiger partial charge is 0.253 e. The van der Waals surface area contributed by atoms with Crippen LogP contribution in [0.15, 0.2) is 28.7 Å². The van der Waals surface area contributed by atoms with E-state index >= 15 is 0 Å². The van der Waals surface area contributed by atoms with Crippen LogP contribution in [0.3, 0.4) is 0 Å². The second-order valence-corrected chi connectivity index (χ2v) is 5.53. The van der Waals surface area contributed by atoms with Crippen molar-refractivity contribution in [2.75, 3.05) is 0 Å². The molecule has 0 unspecified atom stereocenters. The van der Waals surface area contributed by atoms with E-state index in [1.54, 1.807) is 24.3 Å². The maximum Gasteiger partial charge on any atom is 0.253 e. The first-order valence-electron chi connectivity index (χ1n) is 3.28. The number of hydrogen-bond acceptors (Lipinski definition) is 1. The highest BCUT2D eigenvalue weighted by Crippen LogP contribution is 2.30. The summed E-state index contributed by atoms with van der Waals surface area (Å²) in [6, 6.07) is 6.61. The summed E-state index contributed by atoms with van der Waals surface area (Å²) in [7, 11) is 0. The van der Waals surface area contributed by atoms with Crippen molar-refractivity contribution in [1.82, 2.24) is 0 Å². The Morgan fingerprint density at radius 1 is 1.15 bits per heavy atom. The molecule has 13 heavy (non-hydrogen) atoms. The lowest BCUT2D eigenvalue weighted by atomic mass is 10.1. The zero-order valence-corrected chi connectivity index (χ0v) is 10.1. The number of benzene rings is 1. The van der Waals surface area contributed by atoms with Crippen LogP contribution in [0.25, 0.3) is 0 Å². The van der Waals surface area contributed by atoms with Crippen molar-refractivity contribution in [3.8, 4) is 0 Å². The molecule has 0 aliphatic rings. The van der Waals surface area contributed by atoms with E-state index in [-0.39, 0.29) is 0 Å². The van der Waals surface area contributed by atoms with Crippen molar-refractivity contribution < 1.29 is 4.79 Å². The van der Waals surface area contributed by atoms with Crippen LogP contribution in [0.4, 0.5) is 0 Å². The van der Waals surface area contributed by atoms with Crippen molar-refractivity contribution in [3.05, 3.63) is 34.3 Å². The van der Waals surface area contributed by atoms with Crippen LogP contribution in [0.2, 0.25) is 0 Å². The summed E-state index contributed by atoms with van der Waals surface area (Å²) >= 11 is 19.5. The second-order valence-electron chi connectivity index (χ2n) is 2.33. The van der Waals surface area contributed by atoms with Crippen LogP contribution in [0.5, 0.6) is 0 Å². The number of carbonyl (C=O) groups is 1. The monoisotopic (exact) mass is 300 g/mol. The largest absolute Gasteiger partial charge is 0.289 e. The van der Waals surface area contributed by atoms with Gasteiger partial charge >= 0.3 is 0 Å². The van der Waals surface area contributed by atoms with Crippen LogP contribution < -0.4 is 0 Å². The Balaban J connectivity index is 2.97. The molecule has 1 rings (SSSR count). The van der Waals surface area contributed by atoms with E-state index in [1.807, 2.05) is 0 Å². The molecule has 0 aliphatic heterocycles. The Bertz CT molecular complexity index is 315. The fraction of sp³-hybridized carbons (Fsp3) is 0.125. The van der Waals surface area contributed by atoms with Gasteiger partial charge in [-0.3, -0.25) is 4.79 Å². The molecule has 5 heteroatoms. The SMILES string of the molecule is O=C(c1ccc(Br)cc1)C(Cl)(Cl)Cl. The van der Waals surface area contributed by atoms with Crippen LogP contribution in [-0.4, -0.2) is 9.58 Å². The van der Waals surface area contributed by atoms with Gasteiger partial charge < -0.3 is 0 Å². The molecule has 0 fully saturated rings. The lowest BCUT2D eigenvalue weighted by Crippen LogP contribution is -2.18. The molecule has 0 aliphatic carbocycles. The second kappa shape index (κ2) is 4.18. The summed E-state index contributed by atoms with van der Waals surface area (Å²) in [4.78, 5) is 11.4. The van der Waals surface area contributed by atoms with Gasteiger partial charge in [-0.05, 0) is 12.1 Å². The molecular formula is C8H4BrCl3O. The summed E-state index contributed by atoms with van der Waals surface area (Å²) in [5.74, 6) is -0.523. The van der Waals surface area contributed by atoms with Crippen molar-refractivity contribution in [3.63, 3.8) is 0 Å². The molecule has 0 saturated carbocycles. The van der Waals surface area contributed by atoms with E-state index in [2.05, 4.69) is 15.9 Å². The molecule has 0 heterocycles. The van der Waals surface area contributed by atoms with Crippen LogP contribution in [0.1, 0.15) is 10.4 Å². The van der Waals surface area contributed by atoms with Crippen molar-refractivity contribution in [2.24, 2.45) is 0 Å². The molecule has 0 radical (unpaired) electrons. The Labute approximate surface area is 99.1 Å². The predicted octanol–water partition coefficient (Wildman–Crippen LogP) is 4.00. The van der Waals surface area contributed by atoms with E-state index in [4.69, 9.17) is 34.8 Å². The molecule has 1 aromatic rings. The molecule has 0 N–H and O–H groups in total. The summed E-state index contributed by atoms with van der Waals surface area (Å²) in [5.41, 5.74) is 0.378. The lowest BCUT2D eigenvalue weighted by Gasteiger charge is -2.08. The number of halogens is 4. The van der Waals surface area contributed by atoms with Crippen LogP contribution in [0, 0.1) is 0 Å². The Hall–Kier alpha value is 0.240. The summed E-state index contributed by atoms with van der Waals surface area (Å²) in [6.07, 6.45) is 0. The number of Topliss-reactive ketones (excluding diaryl/α,β-unsaturated/α-hetero) is 1. The third-order valence-corrected chi connectivity index (χ3v) is 2.41. The lowest BCUT2D eigenvalue weighted by molar-refractivity contribution is 0.0996. The van der Waals surface area contributed by atoms with Gasteiger partial charge in [-0.1, -0.05) is 62.9 Å². The zero-order chi connectivity index (χ0) is 10.1. The van der Waals surface area contributed by atoms with Crippen molar-refractivity contribution in [1.29, 1.82) is 0 Å². The fourth-order valence-corrected chi connectivity index (χ4v) is 1.36. The number of ketones is 1. The molecular weight excluding hydrogens is 298 g/mol. The molecule has 70 valence electrons.